The molecule has 0 saturated heterocycles. The molecule has 0 radical (unpaired) electrons. The molecule has 1 heterocycles. The van der Waals surface area contributed by atoms with Crippen molar-refractivity contribution in [3.8, 4) is 0 Å². The molecule has 1 unspecified atom stereocenters. The Morgan fingerprint density at radius 2 is 2.12 bits per heavy atom. The number of halogens is 2. The first-order valence-corrected chi connectivity index (χ1v) is 7.31. The quantitative estimate of drug-likeness (QED) is 0.866. The van der Waals surface area contributed by atoms with Crippen molar-refractivity contribution in [3.63, 3.8) is 0 Å². The van der Waals surface area contributed by atoms with Crippen LogP contribution in [0.2, 0.25) is 5.02 Å². The Balaban J connectivity index is 2.20. The van der Waals surface area contributed by atoms with E-state index in [1.54, 1.807) is 11.3 Å². The number of hydrogen-bond donors (Lipinski definition) is 1. The molecule has 1 aromatic heterocycles. The van der Waals surface area contributed by atoms with E-state index in [2.05, 4.69) is 34.1 Å². The van der Waals surface area contributed by atoms with Crippen molar-refractivity contribution in [1.82, 2.24) is 0 Å². The van der Waals surface area contributed by atoms with Crippen LogP contribution in [-0.4, -0.2) is 0 Å². The second-order valence-corrected chi connectivity index (χ2v) is 6.93. The van der Waals surface area contributed by atoms with E-state index in [0.717, 1.165) is 26.4 Å². The molecular weight excluding hydrogens is 318 g/mol. The van der Waals surface area contributed by atoms with E-state index in [-0.39, 0.29) is 6.04 Å². The second kappa shape index (κ2) is 5.53. The lowest BCUT2D eigenvalue weighted by Crippen LogP contribution is -2.14. The van der Waals surface area contributed by atoms with Gasteiger partial charge in [-0.15, -0.1) is 11.3 Å². The summed E-state index contributed by atoms with van der Waals surface area (Å²) in [5.74, 6) is 0. The largest absolute Gasteiger partial charge is 0.324 e. The lowest BCUT2D eigenvalue weighted by molar-refractivity contribution is 0.725. The highest BCUT2D eigenvalue weighted by Crippen LogP contribution is 2.28. The predicted molar refractivity (Wildman–Crippen MR) is 78.8 cm³/mol. The smallest absolute Gasteiger partial charge is 0.0701 e. The van der Waals surface area contributed by atoms with Gasteiger partial charge < -0.3 is 5.73 Å². The molecule has 1 nitrogen and oxygen atoms in total. The Hall–Kier alpha value is -0.350. The highest BCUT2D eigenvalue weighted by Gasteiger charge is 2.12. The number of thiophene rings is 1. The third-order valence-corrected chi connectivity index (χ3v) is 4.81. The molecule has 1 atom stereocenters. The first kappa shape index (κ1) is 13.1. The second-order valence-electron chi connectivity index (χ2n) is 3.97. The molecule has 0 amide bonds. The minimum absolute atomic E-state index is 0.000694. The van der Waals surface area contributed by atoms with Gasteiger partial charge in [-0.05, 0) is 52.2 Å². The highest BCUT2D eigenvalue weighted by atomic mass is 79.9. The van der Waals surface area contributed by atoms with Gasteiger partial charge in [0.05, 0.1) is 3.79 Å². The van der Waals surface area contributed by atoms with Crippen LogP contribution in [0.25, 0.3) is 0 Å². The van der Waals surface area contributed by atoms with Gasteiger partial charge in [-0.1, -0.05) is 23.7 Å². The van der Waals surface area contributed by atoms with Crippen molar-refractivity contribution >= 4 is 38.9 Å². The Labute approximate surface area is 119 Å². The molecule has 2 N–H and O–H groups in total. The van der Waals surface area contributed by atoms with Crippen molar-refractivity contribution in [3.05, 3.63) is 55.1 Å². The summed E-state index contributed by atoms with van der Waals surface area (Å²) in [6.45, 7) is 2.02. The average Bonchev–Trinajstić information content (AvgIpc) is 2.68. The Morgan fingerprint density at radius 3 is 2.76 bits per heavy atom. The fourth-order valence-electron chi connectivity index (χ4n) is 1.81. The van der Waals surface area contributed by atoms with E-state index in [4.69, 9.17) is 17.3 Å². The number of nitrogens with two attached hydrogens (primary N) is 1. The maximum Gasteiger partial charge on any atom is 0.0701 e. The molecule has 0 spiro atoms. The van der Waals surface area contributed by atoms with E-state index < -0.39 is 0 Å². The molecule has 17 heavy (non-hydrogen) atoms. The van der Waals surface area contributed by atoms with Crippen LogP contribution in [0.1, 0.15) is 22.0 Å². The summed E-state index contributed by atoms with van der Waals surface area (Å²) in [7, 11) is 0. The summed E-state index contributed by atoms with van der Waals surface area (Å²) in [6, 6.07) is 10.1. The summed E-state index contributed by atoms with van der Waals surface area (Å²) in [5, 5.41) is 0.783. The zero-order valence-corrected chi connectivity index (χ0v) is 12.6. The predicted octanol–water partition coefficient (Wildman–Crippen LogP) is 4.71. The molecule has 0 bridgehead atoms. The summed E-state index contributed by atoms with van der Waals surface area (Å²) in [5.41, 5.74) is 8.45. The number of hydrogen-bond acceptors (Lipinski definition) is 2. The summed E-state index contributed by atoms with van der Waals surface area (Å²) in [4.78, 5) is 1.28. The number of benzene rings is 1. The lowest BCUT2D eigenvalue weighted by Gasteiger charge is -2.14. The van der Waals surface area contributed by atoms with Gasteiger partial charge in [0.2, 0.25) is 0 Å². The zero-order valence-electron chi connectivity index (χ0n) is 9.41. The molecule has 0 aliphatic heterocycles. The molecule has 90 valence electrons. The topological polar surface area (TPSA) is 26.0 Å². The summed E-state index contributed by atoms with van der Waals surface area (Å²) in [6.07, 6.45) is 0.845. The Bertz CT molecular complexity index is 524. The van der Waals surface area contributed by atoms with Crippen molar-refractivity contribution in [2.75, 3.05) is 0 Å². The van der Waals surface area contributed by atoms with E-state index in [9.17, 15) is 0 Å². The molecule has 2 rings (SSSR count). The molecule has 0 saturated carbocycles. The van der Waals surface area contributed by atoms with Crippen molar-refractivity contribution in [1.29, 1.82) is 0 Å². The van der Waals surface area contributed by atoms with Gasteiger partial charge in [0.25, 0.3) is 0 Å². The van der Waals surface area contributed by atoms with Crippen LogP contribution in [-0.2, 0) is 6.42 Å². The minimum Gasteiger partial charge on any atom is -0.324 e. The molecule has 2 aromatic rings. The van der Waals surface area contributed by atoms with Crippen LogP contribution in [0, 0.1) is 6.92 Å². The fraction of sp³-hybridized carbons (Fsp3) is 0.231. The van der Waals surface area contributed by atoms with Crippen LogP contribution in [0.5, 0.6) is 0 Å². The van der Waals surface area contributed by atoms with Crippen molar-refractivity contribution < 1.29 is 0 Å². The third kappa shape index (κ3) is 3.10. The Morgan fingerprint density at radius 1 is 1.35 bits per heavy atom. The normalized spacial score (nSPS) is 12.7. The minimum atomic E-state index is -0.000694. The van der Waals surface area contributed by atoms with Gasteiger partial charge in [0.15, 0.2) is 0 Å². The van der Waals surface area contributed by atoms with Crippen molar-refractivity contribution in [2.24, 2.45) is 5.73 Å². The van der Waals surface area contributed by atoms with Crippen molar-refractivity contribution in [2.45, 2.75) is 19.4 Å². The summed E-state index contributed by atoms with van der Waals surface area (Å²) < 4.78 is 1.14. The van der Waals surface area contributed by atoms with Gasteiger partial charge in [-0.3, -0.25) is 0 Å². The van der Waals surface area contributed by atoms with Gasteiger partial charge >= 0.3 is 0 Å². The molecule has 0 fully saturated rings. The first-order chi connectivity index (χ1) is 8.08. The average molecular weight is 331 g/mol. The van der Waals surface area contributed by atoms with Gasteiger partial charge in [0.1, 0.15) is 0 Å². The lowest BCUT2D eigenvalue weighted by atomic mass is 9.99. The van der Waals surface area contributed by atoms with Gasteiger partial charge in [-0.25, -0.2) is 0 Å². The van der Waals surface area contributed by atoms with Gasteiger partial charge in [-0.2, -0.15) is 0 Å². The van der Waals surface area contributed by atoms with Crippen LogP contribution in [0.15, 0.2) is 34.1 Å². The fourth-order valence-corrected chi connectivity index (χ4v) is 3.54. The molecule has 4 heteroatoms. The maximum atomic E-state index is 6.24. The van der Waals surface area contributed by atoms with Crippen LogP contribution < -0.4 is 5.73 Å². The van der Waals surface area contributed by atoms with E-state index in [1.165, 1.54) is 4.88 Å². The standard InChI is InChI=1S/C13H13BrClNS/c1-8-10(3-2-4-11(8)15)12(16)7-9-5-6-13(14)17-9/h2-6,12H,7,16H2,1H3. The summed E-state index contributed by atoms with van der Waals surface area (Å²) >= 11 is 11.3. The van der Waals surface area contributed by atoms with Crippen LogP contribution in [0.3, 0.4) is 0 Å². The third-order valence-electron chi connectivity index (χ3n) is 2.76. The SMILES string of the molecule is Cc1c(Cl)cccc1C(N)Cc1ccc(Br)s1. The van der Waals surface area contributed by atoms with E-state index >= 15 is 0 Å². The van der Waals surface area contributed by atoms with Crippen LogP contribution in [0.4, 0.5) is 0 Å². The molecule has 0 aliphatic carbocycles. The molecule has 1 aromatic carbocycles. The van der Waals surface area contributed by atoms with E-state index in [1.807, 2.05) is 19.1 Å². The number of rotatable bonds is 3. The Kier molecular flexibility index (Phi) is 4.26. The molecule has 0 aliphatic rings. The first-order valence-electron chi connectivity index (χ1n) is 5.32. The maximum absolute atomic E-state index is 6.24. The zero-order chi connectivity index (χ0) is 12.4. The monoisotopic (exact) mass is 329 g/mol. The van der Waals surface area contributed by atoms with E-state index in [0.29, 0.717) is 0 Å². The molecular formula is C13H13BrClNS. The highest BCUT2D eigenvalue weighted by molar-refractivity contribution is 9.11. The van der Waals surface area contributed by atoms with Gasteiger partial charge in [0, 0.05) is 22.4 Å². The van der Waals surface area contributed by atoms with Crippen LogP contribution >= 0.6 is 38.9 Å².